The van der Waals surface area contributed by atoms with Crippen molar-refractivity contribution < 1.29 is 17.9 Å². The zero-order valence-electron chi connectivity index (χ0n) is 19.8. The fraction of sp³-hybridized carbons (Fsp3) is 0.462. The zero-order chi connectivity index (χ0) is 23.6. The topological polar surface area (TPSA) is 55.8 Å². The Bertz CT molecular complexity index is 874. The molecule has 0 aliphatic carbocycles. The number of sulfonamides is 1. The molecule has 2 aromatic rings. The van der Waals surface area contributed by atoms with Gasteiger partial charge < -0.3 is 9.47 Å². The van der Waals surface area contributed by atoms with Gasteiger partial charge in [0.15, 0.2) is 0 Å². The molecule has 2 aromatic carbocycles. The first kappa shape index (κ1) is 25.9. The lowest BCUT2D eigenvalue weighted by molar-refractivity contribution is 0.371. The quantitative estimate of drug-likeness (QED) is 0.335. The van der Waals surface area contributed by atoms with E-state index in [1.165, 1.54) is 0 Å². The van der Waals surface area contributed by atoms with Crippen LogP contribution in [-0.2, 0) is 23.1 Å². The lowest BCUT2D eigenvalue weighted by Crippen LogP contribution is -2.41. The van der Waals surface area contributed by atoms with Crippen molar-refractivity contribution in [3.8, 4) is 11.5 Å². The summed E-state index contributed by atoms with van der Waals surface area (Å²) in [6.45, 7) is 8.54. The average molecular weight is 460 g/mol. The van der Waals surface area contributed by atoms with Crippen molar-refractivity contribution in [2.45, 2.75) is 57.9 Å². The van der Waals surface area contributed by atoms with Crippen molar-refractivity contribution in [1.29, 1.82) is 0 Å². The fourth-order valence-electron chi connectivity index (χ4n) is 3.84. The minimum Gasteiger partial charge on any atom is -0.497 e. The van der Waals surface area contributed by atoms with E-state index in [1.807, 2.05) is 61.5 Å². The number of benzene rings is 2. The molecule has 176 valence electrons. The van der Waals surface area contributed by atoms with Crippen LogP contribution in [0.5, 0.6) is 11.5 Å². The highest BCUT2D eigenvalue weighted by atomic mass is 32.2. The molecule has 0 N–H and O–H groups in total. The number of rotatable bonds is 14. The maximum absolute atomic E-state index is 14.0. The van der Waals surface area contributed by atoms with Crippen molar-refractivity contribution >= 4 is 10.0 Å². The van der Waals surface area contributed by atoms with Gasteiger partial charge >= 0.3 is 0 Å². The highest BCUT2D eigenvalue weighted by molar-refractivity contribution is 7.89. The second-order valence-electron chi connectivity index (χ2n) is 8.19. The maximum Gasteiger partial charge on any atom is 0.217 e. The van der Waals surface area contributed by atoms with Crippen LogP contribution in [0.4, 0.5) is 0 Å². The van der Waals surface area contributed by atoms with Crippen molar-refractivity contribution in [3.05, 3.63) is 72.3 Å². The average Bonchev–Trinajstić information content (AvgIpc) is 2.80. The van der Waals surface area contributed by atoms with Crippen molar-refractivity contribution in [1.82, 2.24) is 4.31 Å². The van der Waals surface area contributed by atoms with Crippen molar-refractivity contribution in [2.75, 3.05) is 14.2 Å². The summed E-state index contributed by atoms with van der Waals surface area (Å²) in [6.07, 6.45) is 4.98. The molecular formula is C26H37NO4S. The van der Waals surface area contributed by atoms with Crippen LogP contribution in [0.15, 0.2) is 61.2 Å². The van der Waals surface area contributed by atoms with E-state index in [2.05, 4.69) is 13.5 Å². The molecule has 5 nitrogen and oxygen atoms in total. The van der Waals surface area contributed by atoms with Gasteiger partial charge in [-0.3, -0.25) is 0 Å². The van der Waals surface area contributed by atoms with Gasteiger partial charge in [-0.05, 0) is 54.2 Å². The molecule has 0 amide bonds. The number of methoxy groups -OCH3 is 2. The minimum absolute atomic E-state index is 0.00159. The van der Waals surface area contributed by atoms with Crippen LogP contribution in [0.1, 0.15) is 50.7 Å². The van der Waals surface area contributed by atoms with Gasteiger partial charge in [-0.1, -0.05) is 57.0 Å². The van der Waals surface area contributed by atoms with Gasteiger partial charge in [0.25, 0.3) is 0 Å². The molecule has 0 aliphatic rings. The number of nitrogens with zero attached hydrogens (tertiary/aromatic N) is 1. The molecule has 0 saturated heterocycles. The maximum atomic E-state index is 14.0. The normalized spacial score (nSPS) is 13.5. The lowest BCUT2D eigenvalue weighted by atomic mass is 9.99. The Labute approximate surface area is 194 Å². The summed E-state index contributed by atoms with van der Waals surface area (Å²) in [5, 5.41) is -0.447. The SMILES string of the molecule is C=CCC(C)C(CCCC)S(=O)(=O)N(Cc1ccc(OC)cc1)Cc1ccc(OC)cc1. The molecule has 0 aliphatic heterocycles. The molecule has 0 aromatic heterocycles. The number of ether oxygens (including phenoxy) is 2. The summed E-state index contributed by atoms with van der Waals surface area (Å²) >= 11 is 0. The Morgan fingerprint density at radius 3 is 1.78 bits per heavy atom. The van der Waals surface area contributed by atoms with Gasteiger partial charge in [0, 0.05) is 13.1 Å². The molecule has 6 heteroatoms. The summed E-state index contributed by atoms with van der Waals surface area (Å²) in [5.74, 6) is 1.50. The van der Waals surface area contributed by atoms with E-state index in [-0.39, 0.29) is 5.92 Å². The fourth-order valence-corrected chi connectivity index (χ4v) is 6.05. The van der Waals surface area contributed by atoms with E-state index in [0.717, 1.165) is 35.5 Å². The van der Waals surface area contributed by atoms with Gasteiger partial charge in [-0.2, -0.15) is 4.31 Å². The van der Waals surface area contributed by atoms with E-state index in [9.17, 15) is 8.42 Å². The first-order valence-electron chi connectivity index (χ1n) is 11.2. The molecule has 2 rings (SSSR count). The highest BCUT2D eigenvalue weighted by Gasteiger charge is 2.35. The van der Waals surface area contributed by atoms with Gasteiger partial charge in [0.05, 0.1) is 19.5 Å². The number of hydrogen-bond donors (Lipinski definition) is 0. The van der Waals surface area contributed by atoms with E-state index >= 15 is 0 Å². The van der Waals surface area contributed by atoms with Crippen LogP contribution < -0.4 is 9.47 Å². The van der Waals surface area contributed by atoms with Gasteiger partial charge in [0.1, 0.15) is 11.5 Å². The third kappa shape index (κ3) is 7.10. The van der Waals surface area contributed by atoms with Gasteiger partial charge in [0.2, 0.25) is 10.0 Å². The zero-order valence-corrected chi connectivity index (χ0v) is 20.6. The Kier molecular flexibility index (Phi) is 10.3. The van der Waals surface area contributed by atoms with Crippen LogP contribution >= 0.6 is 0 Å². The molecule has 0 saturated carbocycles. The predicted octanol–water partition coefficient (Wildman–Crippen LogP) is 5.81. The molecule has 0 fully saturated rings. The molecule has 0 spiro atoms. The Morgan fingerprint density at radius 2 is 1.41 bits per heavy atom. The Hall–Kier alpha value is -2.31. The third-order valence-corrected chi connectivity index (χ3v) is 8.24. The van der Waals surface area contributed by atoms with Gasteiger partial charge in [-0.15, -0.1) is 6.58 Å². The third-order valence-electron chi connectivity index (χ3n) is 5.79. The van der Waals surface area contributed by atoms with Crippen LogP contribution in [0.3, 0.4) is 0 Å². The summed E-state index contributed by atoms with van der Waals surface area (Å²) in [6, 6.07) is 15.1. The summed E-state index contributed by atoms with van der Waals surface area (Å²) in [5.41, 5.74) is 1.85. The molecule has 0 bridgehead atoms. The molecule has 32 heavy (non-hydrogen) atoms. The smallest absolute Gasteiger partial charge is 0.217 e. The van der Waals surface area contributed by atoms with Gasteiger partial charge in [-0.25, -0.2) is 8.42 Å². The van der Waals surface area contributed by atoms with Crippen molar-refractivity contribution in [2.24, 2.45) is 5.92 Å². The monoisotopic (exact) mass is 459 g/mol. The van der Waals surface area contributed by atoms with Crippen LogP contribution in [0.25, 0.3) is 0 Å². The van der Waals surface area contributed by atoms with Crippen molar-refractivity contribution in [3.63, 3.8) is 0 Å². The van der Waals surface area contributed by atoms with E-state index in [4.69, 9.17) is 9.47 Å². The lowest BCUT2D eigenvalue weighted by Gasteiger charge is -2.31. The predicted molar refractivity (Wildman–Crippen MR) is 131 cm³/mol. The molecule has 2 unspecified atom stereocenters. The van der Waals surface area contributed by atoms with E-state index in [0.29, 0.717) is 25.9 Å². The minimum atomic E-state index is -3.56. The number of unbranched alkanes of at least 4 members (excludes halogenated alkanes) is 1. The van der Waals surface area contributed by atoms with E-state index in [1.54, 1.807) is 18.5 Å². The molecular weight excluding hydrogens is 422 g/mol. The molecule has 0 heterocycles. The Morgan fingerprint density at radius 1 is 0.938 bits per heavy atom. The summed E-state index contributed by atoms with van der Waals surface area (Å²) in [4.78, 5) is 0. The van der Waals surface area contributed by atoms with Crippen LogP contribution in [0.2, 0.25) is 0 Å². The summed E-state index contributed by atoms with van der Waals surface area (Å²) < 4.78 is 40.0. The first-order valence-corrected chi connectivity index (χ1v) is 12.7. The first-order chi connectivity index (χ1) is 15.3. The highest BCUT2D eigenvalue weighted by Crippen LogP contribution is 2.28. The van der Waals surface area contributed by atoms with Crippen LogP contribution in [-0.4, -0.2) is 32.2 Å². The van der Waals surface area contributed by atoms with E-state index < -0.39 is 15.3 Å². The van der Waals surface area contributed by atoms with Crippen LogP contribution in [0, 0.1) is 5.92 Å². The second-order valence-corrected chi connectivity index (χ2v) is 10.3. The number of allylic oxidation sites excluding steroid dienone is 1. The summed E-state index contributed by atoms with van der Waals surface area (Å²) in [7, 11) is -0.322. The largest absolute Gasteiger partial charge is 0.497 e. The number of hydrogen-bond acceptors (Lipinski definition) is 4. The standard InChI is InChI=1S/C26H37NO4S/c1-6-8-10-26(21(3)9-7-2)32(28,29)27(19-22-11-15-24(30-4)16-12-22)20-23-13-17-25(31-5)18-14-23/h7,11-18,21,26H,2,6,8-10,19-20H2,1,3-5H3. The second kappa shape index (κ2) is 12.7. The molecule has 2 atom stereocenters. The molecule has 0 radical (unpaired) electrons. The Balaban J connectivity index is 2.40.